The van der Waals surface area contributed by atoms with Crippen LogP contribution >= 0.6 is 15.9 Å². The lowest BCUT2D eigenvalue weighted by molar-refractivity contribution is 0.189. The Morgan fingerprint density at radius 3 is 2.44 bits per heavy atom. The lowest BCUT2D eigenvalue weighted by Crippen LogP contribution is -2.40. The van der Waals surface area contributed by atoms with Crippen LogP contribution in [0.25, 0.3) is 27.4 Å². The third kappa shape index (κ3) is 5.37. The number of hydrogen-bond acceptors (Lipinski definition) is 5. The number of aromatic nitrogens is 2. The highest BCUT2D eigenvalue weighted by Gasteiger charge is 2.28. The van der Waals surface area contributed by atoms with Crippen LogP contribution in [0.4, 0.5) is 10.5 Å². The molecule has 2 amide bonds. The molecule has 1 N–H and O–H groups in total. The van der Waals surface area contributed by atoms with Crippen molar-refractivity contribution >= 4 is 49.3 Å². The summed E-state index contributed by atoms with van der Waals surface area (Å²) < 4.78 is 13.2. The molecule has 1 unspecified atom stereocenters. The van der Waals surface area contributed by atoms with Gasteiger partial charge in [0.05, 0.1) is 47.0 Å². The number of halogens is 1. The number of methoxy groups -OCH3 is 2. The summed E-state index contributed by atoms with van der Waals surface area (Å²) in [4.78, 5) is 34.6. The van der Waals surface area contributed by atoms with Crippen LogP contribution in [0.2, 0.25) is 0 Å². The van der Waals surface area contributed by atoms with Gasteiger partial charge in [0.25, 0.3) is 5.56 Å². The minimum atomic E-state index is -0.577. The van der Waals surface area contributed by atoms with E-state index in [1.807, 2.05) is 62.4 Å². The molecule has 9 heteroatoms. The highest BCUT2D eigenvalue weighted by Crippen LogP contribution is 2.37. The fraction of sp³-hybridized carbons (Fsp3) is 0.219. The molecule has 5 aromatic rings. The number of carbonyl (C=O) groups excluding carboxylic acids is 1. The summed E-state index contributed by atoms with van der Waals surface area (Å²) >= 11 is 3.63. The van der Waals surface area contributed by atoms with Gasteiger partial charge in [-0.25, -0.2) is 9.78 Å². The number of hydrogen-bond donors (Lipinski definition) is 1. The number of fused-ring (bicyclic) bond motifs is 2. The minimum Gasteiger partial charge on any atom is -0.497 e. The maximum atomic E-state index is 14.1. The van der Waals surface area contributed by atoms with Crippen molar-refractivity contribution in [2.75, 3.05) is 26.1 Å². The molecule has 0 aliphatic rings. The smallest absolute Gasteiger partial charge is 0.322 e. The second-order valence-corrected chi connectivity index (χ2v) is 10.4. The summed E-state index contributed by atoms with van der Waals surface area (Å²) in [5.74, 6) is 1.42. The van der Waals surface area contributed by atoms with Crippen molar-refractivity contribution in [2.45, 2.75) is 26.3 Å². The largest absolute Gasteiger partial charge is 0.497 e. The molecule has 5 rings (SSSR count). The van der Waals surface area contributed by atoms with Crippen molar-refractivity contribution in [1.82, 2.24) is 14.5 Å². The van der Waals surface area contributed by atoms with Gasteiger partial charge in [-0.15, -0.1) is 0 Å². The number of urea groups is 1. The van der Waals surface area contributed by atoms with Gasteiger partial charge in [-0.05, 0) is 52.9 Å². The first-order valence-corrected chi connectivity index (χ1v) is 14.2. The van der Waals surface area contributed by atoms with Crippen LogP contribution in [0.3, 0.4) is 0 Å². The predicted molar refractivity (Wildman–Crippen MR) is 167 cm³/mol. The summed E-state index contributed by atoms with van der Waals surface area (Å²) in [7, 11) is 3.10. The Morgan fingerprint density at radius 2 is 1.71 bits per heavy atom. The number of anilines is 1. The van der Waals surface area contributed by atoms with Gasteiger partial charge >= 0.3 is 6.03 Å². The molecule has 0 saturated heterocycles. The maximum Gasteiger partial charge on any atom is 0.322 e. The van der Waals surface area contributed by atoms with E-state index in [1.54, 1.807) is 49.5 Å². The van der Waals surface area contributed by atoms with Gasteiger partial charge in [0, 0.05) is 24.1 Å². The molecular formula is C32H31BrN4O4. The van der Waals surface area contributed by atoms with Crippen LogP contribution in [0, 0.1) is 0 Å². The Hall–Kier alpha value is -4.37. The van der Waals surface area contributed by atoms with Crippen molar-refractivity contribution in [1.29, 1.82) is 0 Å². The number of para-hydroxylation sites is 1. The van der Waals surface area contributed by atoms with E-state index in [0.29, 0.717) is 57.0 Å². The fourth-order valence-electron chi connectivity index (χ4n) is 5.02. The van der Waals surface area contributed by atoms with E-state index >= 15 is 0 Å². The molecule has 1 atom stereocenters. The highest BCUT2D eigenvalue weighted by molar-refractivity contribution is 9.10. The van der Waals surface area contributed by atoms with E-state index in [0.717, 1.165) is 10.8 Å². The van der Waals surface area contributed by atoms with Crippen LogP contribution in [0.5, 0.6) is 11.5 Å². The van der Waals surface area contributed by atoms with E-state index < -0.39 is 6.04 Å². The Balaban J connectivity index is 1.67. The van der Waals surface area contributed by atoms with Crippen LogP contribution in [-0.2, 0) is 0 Å². The summed E-state index contributed by atoms with van der Waals surface area (Å²) in [5, 5.41) is 5.53. The zero-order valence-corrected chi connectivity index (χ0v) is 24.9. The molecule has 8 nitrogen and oxygen atoms in total. The maximum absolute atomic E-state index is 14.1. The van der Waals surface area contributed by atoms with Gasteiger partial charge in [0.15, 0.2) is 0 Å². The SMILES string of the molecule is CCCN(C(=O)Nc1cccc2ccccc12)C(C)c1nc2ccccc2c(=O)n1-c1cc(OC)cc(OC)c1Br. The van der Waals surface area contributed by atoms with Crippen molar-refractivity contribution in [2.24, 2.45) is 0 Å². The molecule has 0 saturated carbocycles. The zero-order valence-electron chi connectivity index (χ0n) is 23.3. The molecule has 4 aromatic carbocycles. The first-order chi connectivity index (χ1) is 19.9. The number of nitrogens with zero attached hydrogens (tertiary/aromatic N) is 3. The topological polar surface area (TPSA) is 85.7 Å². The third-order valence-electron chi connectivity index (χ3n) is 7.09. The summed E-state index contributed by atoms with van der Waals surface area (Å²) in [6.07, 6.45) is 0.710. The van der Waals surface area contributed by atoms with Gasteiger partial charge in [0.1, 0.15) is 17.3 Å². The van der Waals surface area contributed by atoms with Crippen LogP contribution < -0.4 is 20.3 Å². The van der Waals surface area contributed by atoms with Crippen LogP contribution in [0.15, 0.2) is 88.1 Å². The van der Waals surface area contributed by atoms with E-state index in [4.69, 9.17) is 14.5 Å². The number of nitrogens with one attached hydrogen (secondary N) is 1. The van der Waals surface area contributed by atoms with E-state index in [9.17, 15) is 9.59 Å². The molecule has 0 radical (unpaired) electrons. The molecule has 1 aromatic heterocycles. The minimum absolute atomic E-state index is 0.264. The zero-order chi connectivity index (χ0) is 29.1. The standard InChI is InChI=1S/C32H31BrN4O4/c1-5-17-36(32(39)35-25-16-10-12-21-11-6-7-13-23(21)25)20(2)30-34-26-15-9-8-14-24(26)31(38)37(30)27-18-22(40-3)19-28(41-4)29(27)33/h6-16,18-20H,5,17H2,1-4H3,(H,35,39). The summed E-state index contributed by atoms with van der Waals surface area (Å²) in [5.41, 5.74) is 1.50. The van der Waals surface area contributed by atoms with E-state index in [1.165, 1.54) is 4.57 Å². The normalized spacial score (nSPS) is 11.8. The molecule has 1 heterocycles. The first-order valence-electron chi connectivity index (χ1n) is 13.4. The third-order valence-corrected chi connectivity index (χ3v) is 7.89. The number of rotatable bonds is 8. The molecular weight excluding hydrogens is 584 g/mol. The van der Waals surface area contributed by atoms with Crippen LogP contribution in [-0.4, -0.2) is 41.2 Å². The van der Waals surface area contributed by atoms with Gasteiger partial charge in [0.2, 0.25) is 0 Å². The summed E-state index contributed by atoms with van der Waals surface area (Å²) in [6.45, 7) is 4.34. The molecule has 0 aliphatic heterocycles. The number of carbonyl (C=O) groups is 1. The highest BCUT2D eigenvalue weighted by atomic mass is 79.9. The van der Waals surface area contributed by atoms with E-state index in [-0.39, 0.29) is 11.6 Å². The van der Waals surface area contributed by atoms with Crippen molar-refractivity contribution in [3.63, 3.8) is 0 Å². The van der Waals surface area contributed by atoms with Crippen molar-refractivity contribution < 1.29 is 14.3 Å². The number of amides is 2. The van der Waals surface area contributed by atoms with E-state index in [2.05, 4.69) is 21.2 Å². The number of benzene rings is 4. The number of ether oxygens (including phenoxy) is 2. The van der Waals surface area contributed by atoms with Gasteiger partial charge in [-0.1, -0.05) is 55.5 Å². The lowest BCUT2D eigenvalue weighted by atomic mass is 10.1. The second kappa shape index (κ2) is 12.0. The molecule has 210 valence electrons. The van der Waals surface area contributed by atoms with Gasteiger partial charge in [-0.3, -0.25) is 9.36 Å². The first kappa shape index (κ1) is 28.2. The molecule has 0 bridgehead atoms. The summed E-state index contributed by atoms with van der Waals surface area (Å²) in [6, 6.07) is 23.5. The predicted octanol–water partition coefficient (Wildman–Crippen LogP) is 7.32. The Morgan fingerprint density at radius 1 is 1.00 bits per heavy atom. The molecule has 41 heavy (non-hydrogen) atoms. The second-order valence-electron chi connectivity index (χ2n) is 9.62. The fourth-order valence-corrected chi connectivity index (χ4v) is 5.59. The average Bonchev–Trinajstić information content (AvgIpc) is 3.00. The quantitative estimate of drug-likeness (QED) is 0.198. The van der Waals surface area contributed by atoms with Crippen LogP contribution in [0.1, 0.15) is 32.1 Å². The Labute approximate surface area is 246 Å². The molecule has 0 aliphatic carbocycles. The Bertz CT molecular complexity index is 1800. The van der Waals surface area contributed by atoms with Crippen molar-refractivity contribution in [3.8, 4) is 17.2 Å². The van der Waals surface area contributed by atoms with Crippen molar-refractivity contribution in [3.05, 3.63) is 99.5 Å². The molecule has 0 spiro atoms. The van der Waals surface area contributed by atoms with Gasteiger partial charge < -0.3 is 19.7 Å². The average molecular weight is 616 g/mol. The van der Waals surface area contributed by atoms with Gasteiger partial charge in [-0.2, -0.15) is 0 Å². The molecule has 0 fully saturated rings. The Kier molecular flexibility index (Phi) is 8.26. The lowest BCUT2D eigenvalue weighted by Gasteiger charge is -2.31. The monoisotopic (exact) mass is 614 g/mol.